The second-order valence-electron chi connectivity index (χ2n) is 4.02. The van der Waals surface area contributed by atoms with Crippen molar-refractivity contribution < 1.29 is 9.53 Å². The summed E-state index contributed by atoms with van der Waals surface area (Å²) in [6.45, 7) is 1.94. The molecule has 0 saturated carbocycles. The largest absolute Gasteiger partial charge is 0.484 e. The molecule has 0 radical (unpaired) electrons. The molecule has 98 valence electrons. The summed E-state index contributed by atoms with van der Waals surface area (Å²) in [6, 6.07) is 10.7. The van der Waals surface area contributed by atoms with Crippen LogP contribution in [0.1, 0.15) is 5.56 Å². The molecule has 5 heteroatoms. The minimum Gasteiger partial charge on any atom is -0.484 e. The molecule has 0 unspecified atom stereocenters. The molecule has 19 heavy (non-hydrogen) atoms. The second-order valence-corrected chi connectivity index (χ2v) is 4.40. The van der Waals surface area contributed by atoms with Gasteiger partial charge < -0.3 is 10.1 Å². The van der Waals surface area contributed by atoms with Gasteiger partial charge in [0, 0.05) is 11.9 Å². The SMILES string of the molecule is Cc1ccc(OCC(=O)Nc2ccnc(Cl)c2)cc1. The highest BCUT2D eigenvalue weighted by molar-refractivity contribution is 6.29. The first kappa shape index (κ1) is 13.4. The zero-order valence-corrected chi connectivity index (χ0v) is 11.1. The third-order valence-electron chi connectivity index (χ3n) is 2.40. The lowest BCUT2D eigenvalue weighted by molar-refractivity contribution is -0.118. The Morgan fingerprint density at radius 1 is 1.32 bits per heavy atom. The molecule has 2 aromatic rings. The van der Waals surface area contributed by atoms with Gasteiger partial charge in [-0.1, -0.05) is 29.3 Å². The highest BCUT2D eigenvalue weighted by Gasteiger charge is 2.04. The highest BCUT2D eigenvalue weighted by atomic mass is 35.5. The Hall–Kier alpha value is -2.07. The van der Waals surface area contributed by atoms with E-state index in [-0.39, 0.29) is 12.5 Å². The summed E-state index contributed by atoms with van der Waals surface area (Å²) in [5, 5.41) is 3.01. The summed E-state index contributed by atoms with van der Waals surface area (Å²) in [4.78, 5) is 15.5. The van der Waals surface area contributed by atoms with Crippen LogP contribution in [0.15, 0.2) is 42.6 Å². The van der Waals surface area contributed by atoms with Crippen LogP contribution in [0, 0.1) is 6.92 Å². The Kier molecular flexibility index (Phi) is 4.36. The summed E-state index contributed by atoms with van der Waals surface area (Å²) in [7, 11) is 0. The van der Waals surface area contributed by atoms with Crippen molar-refractivity contribution in [2.24, 2.45) is 0 Å². The number of amides is 1. The van der Waals surface area contributed by atoms with Gasteiger partial charge in [-0.25, -0.2) is 4.98 Å². The molecule has 0 spiro atoms. The molecule has 0 aliphatic carbocycles. The van der Waals surface area contributed by atoms with Crippen molar-refractivity contribution in [3.63, 3.8) is 0 Å². The first-order valence-electron chi connectivity index (χ1n) is 5.74. The monoisotopic (exact) mass is 276 g/mol. The van der Waals surface area contributed by atoms with Crippen LogP contribution in [-0.4, -0.2) is 17.5 Å². The maximum Gasteiger partial charge on any atom is 0.262 e. The third kappa shape index (κ3) is 4.26. The summed E-state index contributed by atoms with van der Waals surface area (Å²) in [5.74, 6) is 0.413. The molecular weight excluding hydrogens is 264 g/mol. The van der Waals surface area contributed by atoms with Crippen molar-refractivity contribution in [2.75, 3.05) is 11.9 Å². The van der Waals surface area contributed by atoms with E-state index < -0.39 is 0 Å². The van der Waals surface area contributed by atoms with E-state index in [0.29, 0.717) is 16.6 Å². The van der Waals surface area contributed by atoms with Crippen LogP contribution >= 0.6 is 11.6 Å². The van der Waals surface area contributed by atoms with Crippen molar-refractivity contribution in [3.05, 3.63) is 53.3 Å². The molecule has 1 amide bonds. The van der Waals surface area contributed by atoms with E-state index in [9.17, 15) is 4.79 Å². The Morgan fingerprint density at radius 3 is 2.74 bits per heavy atom. The Balaban J connectivity index is 1.86. The van der Waals surface area contributed by atoms with E-state index in [1.54, 1.807) is 12.1 Å². The number of hydrogen-bond donors (Lipinski definition) is 1. The molecule has 0 bridgehead atoms. The lowest BCUT2D eigenvalue weighted by Crippen LogP contribution is -2.20. The smallest absolute Gasteiger partial charge is 0.262 e. The Morgan fingerprint density at radius 2 is 2.05 bits per heavy atom. The first-order chi connectivity index (χ1) is 9.13. The van der Waals surface area contributed by atoms with Crippen LogP contribution in [-0.2, 0) is 4.79 Å². The number of hydrogen-bond acceptors (Lipinski definition) is 3. The average molecular weight is 277 g/mol. The average Bonchev–Trinajstić information content (AvgIpc) is 2.38. The van der Waals surface area contributed by atoms with E-state index >= 15 is 0 Å². The highest BCUT2D eigenvalue weighted by Crippen LogP contribution is 2.13. The molecular formula is C14H13ClN2O2. The van der Waals surface area contributed by atoms with Gasteiger partial charge in [-0.15, -0.1) is 0 Å². The fraction of sp³-hybridized carbons (Fsp3) is 0.143. The number of nitrogens with zero attached hydrogens (tertiary/aromatic N) is 1. The lowest BCUT2D eigenvalue weighted by Gasteiger charge is -2.07. The maximum atomic E-state index is 11.7. The lowest BCUT2D eigenvalue weighted by atomic mass is 10.2. The van der Waals surface area contributed by atoms with Gasteiger partial charge in [-0.3, -0.25) is 4.79 Å². The molecule has 0 aliphatic rings. The van der Waals surface area contributed by atoms with E-state index in [2.05, 4.69) is 10.3 Å². The number of nitrogens with one attached hydrogen (secondary N) is 1. The summed E-state index contributed by atoms with van der Waals surface area (Å²) in [5.41, 5.74) is 1.74. The Bertz CT molecular complexity index is 570. The quantitative estimate of drug-likeness (QED) is 0.873. The molecule has 0 saturated heterocycles. The molecule has 1 aromatic heterocycles. The summed E-state index contributed by atoms with van der Waals surface area (Å²) < 4.78 is 5.36. The standard InChI is InChI=1S/C14H13ClN2O2/c1-10-2-4-12(5-3-10)19-9-14(18)17-11-6-7-16-13(15)8-11/h2-8H,9H2,1H3,(H,16,17,18). The number of ether oxygens (including phenoxy) is 1. The number of pyridine rings is 1. The molecule has 1 aromatic carbocycles. The summed E-state index contributed by atoms with van der Waals surface area (Å²) >= 11 is 5.72. The number of benzene rings is 1. The van der Waals surface area contributed by atoms with Crippen LogP contribution in [0.3, 0.4) is 0 Å². The number of halogens is 1. The van der Waals surface area contributed by atoms with Gasteiger partial charge in [-0.2, -0.15) is 0 Å². The molecule has 0 atom stereocenters. The van der Waals surface area contributed by atoms with Gasteiger partial charge in [0.2, 0.25) is 0 Å². The second kappa shape index (κ2) is 6.20. The minimum absolute atomic E-state index is 0.0526. The number of anilines is 1. The zero-order chi connectivity index (χ0) is 13.7. The number of carbonyl (C=O) groups excluding carboxylic acids is 1. The van der Waals surface area contributed by atoms with Gasteiger partial charge in [0.15, 0.2) is 6.61 Å². The van der Waals surface area contributed by atoms with Gasteiger partial charge in [0.1, 0.15) is 10.9 Å². The van der Waals surface area contributed by atoms with Crippen LogP contribution < -0.4 is 10.1 Å². The van der Waals surface area contributed by atoms with Crippen molar-refractivity contribution in [1.29, 1.82) is 0 Å². The molecule has 0 fully saturated rings. The first-order valence-corrected chi connectivity index (χ1v) is 6.12. The van der Waals surface area contributed by atoms with Crippen LogP contribution in [0.4, 0.5) is 5.69 Å². The number of rotatable bonds is 4. The molecule has 2 rings (SSSR count). The van der Waals surface area contributed by atoms with Crippen LogP contribution in [0.25, 0.3) is 0 Å². The van der Waals surface area contributed by atoms with Gasteiger partial charge in [-0.05, 0) is 31.2 Å². The normalized spacial score (nSPS) is 10.0. The predicted molar refractivity (Wildman–Crippen MR) is 74.6 cm³/mol. The van der Waals surface area contributed by atoms with Crippen molar-refractivity contribution in [2.45, 2.75) is 6.92 Å². The van der Waals surface area contributed by atoms with Gasteiger partial charge in [0.25, 0.3) is 5.91 Å². The minimum atomic E-state index is -0.247. The van der Waals surface area contributed by atoms with E-state index in [4.69, 9.17) is 16.3 Å². The maximum absolute atomic E-state index is 11.7. The molecule has 0 aliphatic heterocycles. The molecule has 1 heterocycles. The Labute approximate surface area is 116 Å². The van der Waals surface area contributed by atoms with Crippen molar-refractivity contribution >= 4 is 23.2 Å². The van der Waals surface area contributed by atoms with Crippen LogP contribution in [0.5, 0.6) is 5.75 Å². The van der Waals surface area contributed by atoms with E-state index in [1.807, 2.05) is 31.2 Å². The number of aromatic nitrogens is 1. The third-order valence-corrected chi connectivity index (χ3v) is 2.61. The number of carbonyl (C=O) groups is 1. The zero-order valence-electron chi connectivity index (χ0n) is 10.4. The summed E-state index contributed by atoms with van der Waals surface area (Å²) in [6.07, 6.45) is 1.53. The van der Waals surface area contributed by atoms with E-state index in [0.717, 1.165) is 5.56 Å². The number of aryl methyl sites for hydroxylation is 1. The van der Waals surface area contributed by atoms with Crippen molar-refractivity contribution in [1.82, 2.24) is 4.98 Å². The molecule has 1 N–H and O–H groups in total. The topological polar surface area (TPSA) is 51.2 Å². The van der Waals surface area contributed by atoms with E-state index in [1.165, 1.54) is 6.20 Å². The molecule has 4 nitrogen and oxygen atoms in total. The fourth-order valence-electron chi connectivity index (χ4n) is 1.46. The van der Waals surface area contributed by atoms with Crippen molar-refractivity contribution in [3.8, 4) is 5.75 Å². The fourth-order valence-corrected chi connectivity index (χ4v) is 1.63. The van der Waals surface area contributed by atoms with Gasteiger partial charge in [0.05, 0.1) is 0 Å². The van der Waals surface area contributed by atoms with Crippen LogP contribution in [0.2, 0.25) is 5.15 Å². The predicted octanol–water partition coefficient (Wildman–Crippen LogP) is 3.06. The van der Waals surface area contributed by atoms with Gasteiger partial charge >= 0.3 is 0 Å².